The van der Waals surface area contributed by atoms with Gasteiger partial charge in [0.25, 0.3) is 0 Å². The summed E-state index contributed by atoms with van der Waals surface area (Å²) in [5.74, 6) is 1.04. The molecule has 0 radical (unpaired) electrons. The van der Waals surface area contributed by atoms with E-state index in [-0.39, 0.29) is 12.1 Å². The van der Waals surface area contributed by atoms with Crippen LogP contribution in [0.3, 0.4) is 0 Å². The molecule has 0 saturated carbocycles. The lowest BCUT2D eigenvalue weighted by Crippen LogP contribution is -2.46. The van der Waals surface area contributed by atoms with Crippen molar-refractivity contribution in [2.24, 2.45) is 5.73 Å². The van der Waals surface area contributed by atoms with Crippen molar-refractivity contribution in [3.8, 4) is 5.75 Å². The minimum absolute atomic E-state index is 0.212. The highest BCUT2D eigenvalue weighted by Gasteiger charge is 2.28. The zero-order valence-corrected chi connectivity index (χ0v) is 12.0. The van der Waals surface area contributed by atoms with Crippen LogP contribution in [0.5, 0.6) is 5.75 Å². The highest BCUT2D eigenvalue weighted by Crippen LogP contribution is 2.31. The fourth-order valence-corrected chi connectivity index (χ4v) is 3.49. The van der Waals surface area contributed by atoms with E-state index < -0.39 is 0 Å². The van der Waals surface area contributed by atoms with E-state index in [2.05, 4.69) is 47.4 Å². The number of anilines is 1. The first-order chi connectivity index (χ1) is 10.3. The number of benzene rings is 2. The molecule has 0 spiro atoms. The van der Waals surface area contributed by atoms with Gasteiger partial charge in [-0.05, 0) is 29.7 Å². The van der Waals surface area contributed by atoms with Gasteiger partial charge in [-0.2, -0.15) is 0 Å². The number of nitrogens with zero attached hydrogens (tertiary/aromatic N) is 1. The summed E-state index contributed by atoms with van der Waals surface area (Å²) in [4.78, 5) is 2.39. The smallest absolute Gasteiger partial charge is 0.123 e. The normalized spacial score (nSPS) is 23.4. The Hall–Kier alpha value is -2.00. The minimum atomic E-state index is 0.212. The summed E-state index contributed by atoms with van der Waals surface area (Å²) in [7, 11) is 0. The van der Waals surface area contributed by atoms with Crippen molar-refractivity contribution in [2.45, 2.75) is 25.0 Å². The van der Waals surface area contributed by atoms with Crippen LogP contribution >= 0.6 is 0 Å². The average Bonchev–Trinajstić information content (AvgIpc) is 2.89. The van der Waals surface area contributed by atoms with Gasteiger partial charge >= 0.3 is 0 Å². The van der Waals surface area contributed by atoms with Crippen LogP contribution in [0.1, 0.15) is 11.1 Å². The Morgan fingerprint density at radius 2 is 1.76 bits per heavy atom. The van der Waals surface area contributed by atoms with Crippen LogP contribution in [0.25, 0.3) is 0 Å². The molecule has 2 aromatic carbocycles. The van der Waals surface area contributed by atoms with Crippen molar-refractivity contribution in [3.63, 3.8) is 0 Å². The van der Waals surface area contributed by atoms with Crippen molar-refractivity contribution in [3.05, 3.63) is 59.7 Å². The van der Waals surface area contributed by atoms with Crippen molar-refractivity contribution < 1.29 is 4.74 Å². The Morgan fingerprint density at radius 3 is 2.62 bits per heavy atom. The summed E-state index contributed by atoms with van der Waals surface area (Å²) in [6.07, 6.45) is 2.18. The fourth-order valence-electron chi connectivity index (χ4n) is 3.49. The molecule has 21 heavy (non-hydrogen) atoms. The van der Waals surface area contributed by atoms with E-state index in [9.17, 15) is 0 Å². The summed E-state index contributed by atoms with van der Waals surface area (Å²) in [5, 5.41) is 0. The molecule has 3 heteroatoms. The van der Waals surface area contributed by atoms with E-state index in [1.165, 1.54) is 16.8 Å². The molecule has 0 bridgehead atoms. The van der Waals surface area contributed by atoms with E-state index in [1.807, 2.05) is 6.07 Å². The highest BCUT2D eigenvalue weighted by atomic mass is 16.5. The number of fused-ring (bicyclic) bond motifs is 2. The van der Waals surface area contributed by atoms with Gasteiger partial charge < -0.3 is 15.4 Å². The molecule has 2 unspecified atom stereocenters. The molecule has 2 aliphatic rings. The molecular formula is C18H20N2O. The first kappa shape index (κ1) is 12.7. The lowest BCUT2D eigenvalue weighted by atomic mass is 9.98. The van der Waals surface area contributed by atoms with Crippen LogP contribution in [0.4, 0.5) is 5.69 Å². The third kappa shape index (κ3) is 2.38. The number of nitrogens with two attached hydrogens (primary N) is 1. The minimum Gasteiger partial charge on any atom is -0.488 e. The van der Waals surface area contributed by atoms with Gasteiger partial charge in [-0.25, -0.2) is 0 Å². The number of ether oxygens (including phenoxy) is 1. The van der Waals surface area contributed by atoms with E-state index >= 15 is 0 Å². The van der Waals surface area contributed by atoms with Crippen LogP contribution in [0.2, 0.25) is 0 Å². The second kappa shape index (κ2) is 5.08. The van der Waals surface area contributed by atoms with Crippen LogP contribution in [-0.4, -0.2) is 25.2 Å². The molecule has 0 amide bonds. The molecule has 2 aliphatic heterocycles. The third-order valence-corrected chi connectivity index (χ3v) is 4.41. The second-order valence-electron chi connectivity index (χ2n) is 6.05. The van der Waals surface area contributed by atoms with Gasteiger partial charge in [-0.3, -0.25) is 0 Å². The Bertz CT molecular complexity index is 630. The van der Waals surface area contributed by atoms with Crippen molar-refractivity contribution in [1.29, 1.82) is 0 Å². The van der Waals surface area contributed by atoms with Crippen LogP contribution in [0.15, 0.2) is 48.5 Å². The van der Waals surface area contributed by atoms with E-state index in [1.54, 1.807) is 0 Å². The standard InChI is InChI=1S/C18H20N2O/c19-15-9-13-5-1-3-7-17(13)20(11-15)12-16-10-14-6-2-4-8-18(14)21-16/h1-8,15-16H,9-12,19H2. The maximum absolute atomic E-state index is 6.22. The third-order valence-electron chi connectivity index (χ3n) is 4.41. The molecule has 2 N–H and O–H groups in total. The van der Waals surface area contributed by atoms with Crippen LogP contribution < -0.4 is 15.4 Å². The van der Waals surface area contributed by atoms with E-state index in [4.69, 9.17) is 10.5 Å². The molecule has 2 heterocycles. The summed E-state index contributed by atoms with van der Waals surface area (Å²) in [5.41, 5.74) is 10.2. The van der Waals surface area contributed by atoms with Gasteiger partial charge in [0, 0.05) is 24.7 Å². The first-order valence-electron chi connectivity index (χ1n) is 7.62. The largest absolute Gasteiger partial charge is 0.488 e. The van der Waals surface area contributed by atoms with Gasteiger partial charge in [0.2, 0.25) is 0 Å². The molecule has 2 atom stereocenters. The molecule has 3 nitrogen and oxygen atoms in total. The fraction of sp³-hybridized carbons (Fsp3) is 0.333. The summed E-state index contributed by atoms with van der Waals surface area (Å²) in [6, 6.07) is 17.1. The molecule has 0 aliphatic carbocycles. The maximum atomic E-state index is 6.22. The van der Waals surface area contributed by atoms with Crippen molar-refractivity contribution in [1.82, 2.24) is 0 Å². The molecule has 108 valence electrons. The predicted octanol–water partition coefficient (Wildman–Crippen LogP) is 2.38. The van der Waals surface area contributed by atoms with Gasteiger partial charge in [-0.1, -0.05) is 36.4 Å². The van der Waals surface area contributed by atoms with E-state index in [0.717, 1.165) is 31.7 Å². The quantitative estimate of drug-likeness (QED) is 0.918. The SMILES string of the molecule is NC1Cc2ccccc2N(CC2Cc3ccccc3O2)C1. The number of hydrogen-bond donors (Lipinski definition) is 1. The Morgan fingerprint density at radius 1 is 1.00 bits per heavy atom. The van der Waals surface area contributed by atoms with Gasteiger partial charge in [0.1, 0.15) is 11.9 Å². The molecule has 0 aromatic heterocycles. The summed E-state index contributed by atoms with van der Waals surface area (Å²) in [6.45, 7) is 1.81. The van der Waals surface area contributed by atoms with E-state index in [0.29, 0.717) is 0 Å². The number of para-hydroxylation sites is 2. The number of hydrogen-bond acceptors (Lipinski definition) is 3. The maximum Gasteiger partial charge on any atom is 0.123 e. The topological polar surface area (TPSA) is 38.5 Å². The Kier molecular flexibility index (Phi) is 3.08. The van der Waals surface area contributed by atoms with Gasteiger partial charge in [0.05, 0.1) is 6.54 Å². The van der Waals surface area contributed by atoms with Crippen molar-refractivity contribution >= 4 is 5.69 Å². The van der Waals surface area contributed by atoms with Crippen LogP contribution in [0, 0.1) is 0 Å². The predicted molar refractivity (Wildman–Crippen MR) is 84.9 cm³/mol. The number of rotatable bonds is 2. The second-order valence-corrected chi connectivity index (χ2v) is 6.05. The lowest BCUT2D eigenvalue weighted by molar-refractivity contribution is 0.236. The molecule has 0 saturated heterocycles. The van der Waals surface area contributed by atoms with Gasteiger partial charge in [0.15, 0.2) is 0 Å². The summed E-state index contributed by atoms with van der Waals surface area (Å²) < 4.78 is 6.08. The molecular weight excluding hydrogens is 260 g/mol. The zero-order valence-electron chi connectivity index (χ0n) is 12.0. The monoisotopic (exact) mass is 280 g/mol. The van der Waals surface area contributed by atoms with Crippen LogP contribution in [-0.2, 0) is 12.8 Å². The summed E-state index contributed by atoms with van der Waals surface area (Å²) >= 11 is 0. The molecule has 0 fully saturated rings. The van der Waals surface area contributed by atoms with Crippen molar-refractivity contribution in [2.75, 3.05) is 18.0 Å². The highest BCUT2D eigenvalue weighted by molar-refractivity contribution is 5.56. The lowest BCUT2D eigenvalue weighted by Gasteiger charge is -2.36. The average molecular weight is 280 g/mol. The van der Waals surface area contributed by atoms with Gasteiger partial charge in [-0.15, -0.1) is 0 Å². The zero-order chi connectivity index (χ0) is 14.2. The Balaban J connectivity index is 1.54. The molecule has 2 aromatic rings. The molecule has 4 rings (SSSR count). The first-order valence-corrected chi connectivity index (χ1v) is 7.62. The Labute approximate surface area is 125 Å².